The average Bonchev–Trinajstić information content (AvgIpc) is 3.07. The van der Waals surface area contributed by atoms with Gasteiger partial charge in [-0.15, -0.1) is 18.4 Å². The number of allylic oxidation sites excluding steroid dienone is 3. The minimum absolute atomic E-state index is 0.913. The minimum Gasteiger partial charge on any atom is -0.143 e. The topological polar surface area (TPSA) is 0 Å². The lowest BCUT2D eigenvalue weighted by Crippen LogP contribution is -1.78. The Hall–Kier alpha value is -2.83. The highest BCUT2D eigenvalue weighted by atomic mass is 32.1. The molecule has 0 unspecified atom stereocenters. The van der Waals surface area contributed by atoms with Crippen LogP contribution in [-0.2, 0) is 0 Å². The molecule has 0 N–H and O–H groups in total. The van der Waals surface area contributed by atoms with Crippen LogP contribution in [0.4, 0.5) is 0 Å². The third-order valence-electron chi connectivity index (χ3n) is 3.04. The Kier molecular flexibility index (Phi) is 4.33. The molecule has 0 aromatic heterocycles. The van der Waals surface area contributed by atoms with Crippen molar-refractivity contribution in [2.24, 2.45) is 0 Å². The first kappa shape index (κ1) is 14.1. The fourth-order valence-corrected chi connectivity index (χ4v) is 2.02. The first-order valence-electron chi connectivity index (χ1n) is 6.86. The lowest BCUT2D eigenvalue weighted by atomic mass is 10.1. The van der Waals surface area contributed by atoms with Gasteiger partial charge >= 0.3 is 0 Å². The van der Waals surface area contributed by atoms with Crippen molar-refractivity contribution in [3.05, 3.63) is 94.8 Å². The van der Waals surface area contributed by atoms with E-state index in [9.17, 15) is 0 Å². The number of hydrogen-bond acceptors (Lipinski definition) is 1. The molecule has 102 valence electrons. The Labute approximate surface area is 136 Å². The van der Waals surface area contributed by atoms with Gasteiger partial charge in [0.2, 0.25) is 0 Å². The maximum absolute atomic E-state index is 4.26. The molecule has 0 aliphatic heterocycles. The van der Waals surface area contributed by atoms with Gasteiger partial charge in [0.1, 0.15) is 0 Å². The molecular formula is C21H12S. The van der Waals surface area contributed by atoms with Gasteiger partial charge in [-0.25, -0.2) is 0 Å². The minimum atomic E-state index is 0.913. The van der Waals surface area contributed by atoms with E-state index in [1.807, 2.05) is 66.8 Å². The molecule has 0 saturated heterocycles. The van der Waals surface area contributed by atoms with E-state index in [-0.39, 0.29) is 0 Å². The largest absolute Gasteiger partial charge is 0.143 e. The van der Waals surface area contributed by atoms with E-state index in [0.29, 0.717) is 0 Å². The summed E-state index contributed by atoms with van der Waals surface area (Å²) in [5.74, 6) is 12.5. The summed E-state index contributed by atoms with van der Waals surface area (Å²) < 4.78 is 0. The SMILES string of the molecule is Sc1ccc(C#Cc2ccc(C#CC3=C=CC=C3)cc2)cc1. The zero-order valence-corrected chi connectivity index (χ0v) is 12.7. The Bertz CT molecular complexity index is 896. The zero-order chi connectivity index (χ0) is 15.2. The second-order valence-corrected chi connectivity index (χ2v) is 5.22. The summed E-state index contributed by atoms with van der Waals surface area (Å²) in [5, 5.41) is 0. The maximum atomic E-state index is 4.26. The van der Waals surface area contributed by atoms with Crippen LogP contribution in [0.15, 0.2) is 83.0 Å². The van der Waals surface area contributed by atoms with Crippen LogP contribution < -0.4 is 0 Å². The van der Waals surface area contributed by atoms with E-state index < -0.39 is 0 Å². The van der Waals surface area contributed by atoms with Crippen LogP contribution >= 0.6 is 12.6 Å². The third kappa shape index (κ3) is 3.85. The highest BCUT2D eigenvalue weighted by molar-refractivity contribution is 7.80. The molecule has 2 aromatic carbocycles. The van der Waals surface area contributed by atoms with Crippen molar-refractivity contribution in [3.8, 4) is 23.7 Å². The molecule has 0 bridgehead atoms. The number of thiol groups is 1. The highest BCUT2D eigenvalue weighted by Gasteiger charge is 1.91. The van der Waals surface area contributed by atoms with E-state index in [2.05, 4.69) is 42.0 Å². The Morgan fingerprint density at radius 2 is 1.18 bits per heavy atom. The molecule has 3 rings (SSSR count). The van der Waals surface area contributed by atoms with Crippen LogP contribution in [0.3, 0.4) is 0 Å². The van der Waals surface area contributed by atoms with Gasteiger partial charge < -0.3 is 0 Å². The van der Waals surface area contributed by atoms with E-state index in [0.717, 1.165) is 27.2 Å². The second kappa shape index (κ2) is 6.75. The second-order valence-electron chi connectivity index (χ2n) is 4.71. The molecule has 0 heterocycles. The van der Waals surface area contributed by atoms with Crippen LogP contribution in [0.5, 0.6) is 0 Å². The average molecular weight is 296 g/mol. The Morgan fingerprint density at radius 1 is 0.682 bits per heavy atom. The van der Waals surface area contributed by atoms with Crippen LogP contribution in [0, 0.1) is 23.7 Å². The van der Waals surface area contributed by atoms with Gasteiger partial charge in [0.15, 0.2) is 0 Å². The van der Waals surface area contributed by atoms with Gasteiger partial charge in [-0.2, -0.15) is 0 Å². The normalized spacial score (nSPS) is 11.2. The summed E-state index contributed by atoms with van der Waals surface area (Å²) in [6.45, 7) is 0. The van der Waals surface area contributed by atoms with Crippen molar-refractivity contribution in [3.63, 3.8) is 0 Å². The standard InChI is InChI=1S/C21H12S/c22-21-15-13-20(14-16-21)12-11-19-9-7-18(8-10-19)6-5-17-3-1-2-4-17/h1-3,7-10,13-16,22H. The molecule has 0 spiro atoms. The molecule has 1 heteroatoms. The van der Waals surface area contributed by atoms with Gasteiger partial charge in [-0.3, -0.25) is 0 Å². The van der Waals surface area contributed by atoms with Crippen molar-refractivity contribution in [1.82, 2.24) is 0 Å². The van der Waals surface area contributed by atoms with Crippen LogP contribution in [-0.4, -0.2) is 0 Å². The van der Waals surface area contributed by atoms with Crippen LogP contribution in [0.1, 0.15) is 16.7 Å². The molecule has 1 aliphatic carbocycles. The summed E-state index contributed by atoms with van der Waals surface area (Å²) in [7, 11) is 0. The number of rotatable bonds is 0. The quantitative estimate of drug-likeness (QED) is 0.416. The maximum Gasteiger partial charge on any atom is 0.0667 e. The molecule has 22 heavy (non-hydrogen) atoms. The third-order valence-corrected chi connectivity index (χ3v) is 3.34. The Balaban J connectivity index is 1.73. The van der Waals surface area contributed by atoms with E-state index in [1.54, 1.807) is 0 Å². The molecule has 1 aliphatic rings. The molecule has 2 aromatic rings. The Morgan fingerprint density at radius 3 is 1.68 bits per heavy atom. The van der Waals surface area contributed by atoms with E-state index in [1.165, 1.54) is 0 Å². The summed E-state index contributed by atoms with van der Waals surface area (Å²) in [4.78, 5) is 0.940. The summed E-state index contributed by atoms with van der Waals surface area (Å²) in [6, 6.07) is 15.7. The molecular weight excluding hydrogens is 284 g/mol. The molecule has 0 fully saturated rings. The van der Waals surface area contributed by atoms with E-state index in [4.69, 9.17) is 0 Å². The first-order valence-corrected chi connectivity index (χ1v) is 7.31. The zero-order valence-electron chi connectivity index (χ0n) is 11.8. The lowest BCUT2D eigenvalue weighted by Gasteiger charge is -1.93. The molecule has 0 saturated carbocycles. The van der Waals surface area contributed by atoms with Crippen LogP contribution in [0.2, 0.25) is 0 Å². The van der Waals surface area contributed by atoms with Crippen molar-refractivity contribution in [1.29, 1.82) is 0 Å². The molecule has 0 amide bonds. The number of hydrogen-bond donors (Lipinski definition) is 1. The summed E-state index contributed by atoms with van der Waals surface area (Å²) in [6.07, 6.45) is 5.74. The van der Waals surface area contributed by atoms with Crippen molar-refractivity contribution < 1.29 is 0 Å². The van der Waals surface area contributed by atoms with Crippen molar-refractivity contribution in [2.75, 3.05) is 0 Å². The molecule has 0 atom stereocenters. The van der Waals surface area contributed by atoms with Gasteiger partial charge in [0.05, 0.1) is 5.57 Å². The predicted octanol–water partition coefficient (Wildman–Crippen LogP) is 4.38. The first-order chi connectivity index (χ1) is 10.8. The summed E-state index contributed by atoms with van der Waals surface area (Å²) in [5.41, 5.74) is 6.90. The van der Waals surface area contributed by atoms with Crippen molar-refractivity contribution >= 4 is 12.6 Å². The molecule has 0 nitrogen and oxygen atoms in total. The monoisotopic (exact) mass is 296 g/mol. The highest BCUT2D eigenvalue weighted by Crippen LogP contribution is 2.07. The smallest absolute Gasteiger partial charge is 0.0667 e. The number of benzene rings is 2. The lowest BCUT2D eigenvalue weighted by molar-refractivity contribution is 1.46. The fourth-order valence-electron chi connectivity index (χ4n) is 1.87. The van der Waals surface area contributed by atoms with Crippen LogP contribution in [0.25, 0.3) is 0 Å². The fraction of sp³-hybridized carbons (Fsp3) is 0. The van der Waals surface area contributed by atoms with Gasteiger partial charge in [0, 0.05) is 21.6 Å². The van der Waals surface area contributed by atoms with Crippen molar-refractivity contribution in [2.45, 2.75) is 4.90 Å². The van der Waals surface area contributed by atoms with Gasteiger partial charge in [-0.1, -0.05) is 29.8 Å². The van der Waals surface area contributed by atoms with Gasteiger partial charge in [-0.05, 0) is 60.7 Å². The van der Waals surface area contributed by atoms with Gasteiger partial charge in [0.25, 0.3) is 0 Å². The van der Waals surface area contributed by atoms with E-state index >= 15 is 0 Å². The molecule has 0 radical (unpaired) electrons. The summed E-state index contributed by atoms with van der Waals surface area (Å²) >= 11 is 4.26. The predicted molar refractivity (Wildman–Crippen MR) is 93.7 cm³/mol.